The molecule has 1 aromatic carbocycles. The van der Waals surface area contributed by atoms with Crippen LogP contribution < -0.4 is 10.6 Å². The minimum Gasteiger partial charge on any atom is -0.465 e. The molecule has 3 aromatic rings. The molecule has 0 spiro atoms. The molecule has 3 amide bonds. The van der Waals surface area contributed by atoms with E-state index in [1.165, 1.54) is 15.6 Å². The summed E-state index contributed by atoms with van der Waals surface area (Å²) in [5, 5.41) is 9.93. The Morgan fingerprint density at radius 3 is 2.56 bits per heavy atom. The van der Waals surface area contributed by atoms with E-state index in [-0.39, 0.29) is 36.3 Å². The van der Waals surface area contributed by atoms with Crippen LogP contribution in [0.15, 0.2) is 52.9 Å². The van der Waals surface area contributed by atoms with E-state index in [4.69, 9.17) is 4.42 Å². The molecule has 0 aliphatic carbocycles. The Labute approximate surface area is 185 Å². The fourth-order valence-electron chi connectivity index (χ4n) is 3.64. The van der Waals surface area contributed by atoms with E-state index >= 15 is 0 Å². The van der Waals surface area contributed by atoms with Crippen LogP contribution in [0.1, 0.15) is 45.0 Å². The lowest BCUT2D eigenvalue weighted by Gasteiger charge is -2.40. The number of carbonyl (C=O) groups is 3. The molecule has 0 bridgehead atoms. The highest BCUT2D eigenvalue weighted by Crippen LogP contribution is 2.26. The van der Waals surface area contributed by atoms with E-state index in [1.807, 2.05) is 43.3 Å². The van der Waals surface area contributed by atoms with E-state index in [2.05, 4.69) is 15.7 Å². The molecular formula is C23H25N5O4. The lowest BCUT2D eigenvalue weighted by molar-refractivity contribution is -0.132. The second kappa shape index (κ2) is 8.33. The molecule has 0 unspecified atom stereocenters. The number of likely N-dealkylation sites (N-methyl/N-ethyl adjacent to an activating group) is 1. The number of aromatic nitrogens is 2. The normalized spacial score (nSPS) is 17.7. The first-order chi connectivity index (χ1) is 15.3. The van der Waals surface area contributed by atoms with Gasteiger partial charge in [0, 0.05) is 19.7 Å². The molecule has 9 heteroatoms. The predicted molar refractivity (Wildman–Crippen MR) is 116 cm³/mol. The van der Waals surface area contributed by atoms with Crippen LogP contribution in [-0.2, 0) is 24.4 Å². The Morgan fingerprint density at radius 1 is 1.12 bits per heavy atom. The van der Waals surface area contributed by atoms with Crippen molar-refractivity contribution in [1.82, 2.24) is 25.3 Å². The van der Waals surface area contributed by atoms with E-state index in [9.17, 15) is 14.4 Å². The summed E-state index contributed by atoms with van der Waals surface area (Å²) >= 11 is 0. The second-order valence-electron chi connectivity index (χ2n) is 8.07. The maximum Gasteiger partial charge on any atom is 0.272 e. The zero-order chi connectivity index (χ0) is 22.9. The Balaban J connectivity index is 1.47. The first kappa shape index (κ1) is 21.4. The number of nitrogens with zero attached hydrogens (tertiary/aromatic N) is 3. The van der Waals surface area contributed by atoms with Crippen LogP contribution in [0.2, 0.25) is 0 Å². The topological polar surface area (TPSA) is 109 Å². The van der Waals surface area contributed by atoms with Gasteiger partial charge in [0.2, 0.25) is 5.91 Å². The summed E-state index contributed by atoms with van der Waals surface area (Å²) in [7, 11) is 1.58. The number of nitrogens with one attached hydrogen (secondary N) is 2. The number of furan rings is 1. The SMILES string of the molecule is Cc1ccc(CNC(=O)c2cc3n(n2)C[C@](C)(C(=O)NCc2ccccc2)N(C)C3=O)o1. The van der Waals surface area contributed by atoms with Gasteiger partial charge in [0.15, 0.2) is 5.69 Å². The molecule has 4 rings (SSSR count). The van der Waals surface area contributed by atoms with Gasteiger partial charge in [0.25, 0.3) is 11.8 Å². The molecule has 2 N–H and O–H groups in total. The molecule has 0 fully saturated rings. The zero-order valence-electron chi connectivity index (χ0n) is 18.2. The second-order valence-corrected chi connectivity index (χ2v) is 8.07. The van der Waals surface area contributed by atoms with Crippen LogP contribution in [0.25, 0.3) is 0 Å². The zero-order valence-corrected chi connectivity index (χ0v) is 18.2. The van der Waals surface area contributed by atoms with Gasteiger partial charge in [-0.15, -0.1) is 0 Å². The van der Waals surface area contributed by atoms with Crippen LogP contribution in [0.5, 0.6) is 0 Å². The Hall–Kier alpha value is -3.88. The van der Waals surface area contributed by atoms with Crippen molar-refractivity contribution in [1.29, 1.82) is 0 Å². The molecular weight excluding hydrogens is 410 g/mol. The number of rotatable bonds is 6. The quantitative estimate of drug-likeness (QED) is 0.614. The average Bonchev–Trinajstić information content (AvgIpc) is 3.41. The predicted octanol–water partition coefficient (Wildman–Crippen LogP) is 1.88. The standard InChI is InChI=1S/C23H25N5O4/c1-15-9-10-17(32-15)13-24-20(29)18-11-19-21(30)27(3)23(2,14-28(19)26-18)22(31)25-12-16-7-5-4-6-8-16/h4-11H,12-14H2,1-3H3,(H,24,29)(H,25,31)/t23-/m1/s1. The van der Waals surface area contributed by atoms with Gasteiger partial charge >= 0.3 is 0 Å². The third kappa shape index (κ3) is 4.01. The summed E-state index contributed by atoms with van der Waals surface area (Å²) < 4.78 is 6.87. The van der Waals surface area contributed by atoms with Crippen molar-refractivity contribution < 1.29 is 18.8 Å². The molecule has 0 saturated carbocycles. The average molecular weight is 435 g/mol. The molecule has 1 aliphatic heterocycles. The summed E-state index contributed by atoms with van der Waals surface area (Å²) in [6.45, 7) is 4.21. The largest absolute Gasteiger partial charge is 0.465 e. The van der Waals surface area contributed by atoms with Gasteiger partial charge in [-0.3, -0.25) is 19.1 Å². The maximum atomic E-state index is 13.0. The lowest BCUT2D eigenvalue weighted by atomic mass is 9.96. The van der Waals surface area contributed by atoms with Crippen LogP contribution in [-0.4, -0.2) is 45.0 Å². The minimum atomic E-state index is -1.15. The number of carbonyl (C=O) groups excluding carboxylic acids is 3. The van der Waals surface area contributed by atoms with Gasteiger partial charge in [0.05, 0.1) is 13.1 Å². The van der Waals surface area contributed by atoms with Crippen molar-refractivity contribution in [2.75, 3.05) is 7.05 Å². The molecule has 0 saturated heterocycles. The van der Waals surface area contributed by atoms with Crippen LogP contribution in [0, 0.1) is 6.92 Å². The van der Waals surface area contributed by atoms with E-state index < -0.39 is 11.4 Å². The highest BCUT2D eigenvalue weighted by atomic mass is 16.3. The number of amides is 3. The molecule has 2 aromatic heterocycles. The first-order valence-corrected chi connectivity index (χ1v) is 10.3. The van der Waals surface area contributed by atoms with E-state index in [0.29, 0.717) is 12.3 Å². The number of hydrogen-bond donors (Lipinski definition) is 2. The number of benzene rings is 1. The Morgan fingerprint density at radius 2 is 1.88 bits per heavy atom. The van der Waals surface area contributed by atoms with E-state index in [0.717, 1.165) is 11.3 Å². The van der Waals surface area contributed by atoms with Gasteiger partial charge in [-0.05, 0) is 31.5 Å². The van der Waals surface area contributed by atoms with Gasteiger partial charge < -0.3 is 20.0 Å². The summed E-state index contributed by atoms with van der Waals surface area (Å²) in [5.74, 6) is 0.287. The first-order valence-electron chi connectivity index (χ1n) is 10.3. The molecule has 0 radical (unpaired) electrons. The minimum absolute atomic E-state index is 0.110. The van der Waals surface area contributed by atoms with Crippen molar-refractivity contribution in [3.05, 3.63) is 77.0 Å². The Bertz CT molecular complexity index is 1170. The number of aryl methyl sites for hydroxylation is 1. The molecule has 1 aliphatic rings. The van der Waals surface area contributed by atoms with E-state index in [1.54, 1.807) is 20.0 Å². The summed E-state index contributed by atoms with van der Waals surface area (Å²) in [4.78, 5) is 39.9. The number of hydrogen-bond acceptors (Lipinski definition) is 5. The van der Waals surface area contributed by atoms with Gasteiger partial charge in [-0.2, -0.15) is 5.10 Å². The maximum absolute atomic E-state index is 13.0. The van der Waals surface area contributed by atoms with Crippen molar-refractivity contribution in [2.24, 2.45) is 0 Å². The third-order valence-electron chi connectivity index (χ3n) is 5.74. The highest BCUT2D eigenvalue weighted by Gasteiger charge is 2.46. The fraction of sp³-hybridized carbons (Fsp3) is 0.304. The molecule has 166 valence electrons. The summed E-state index contributed by atoms with van der Waals surface area (Å²) in [6.07, 6.45) is 0. The van der Waals surface area contributed by atoms with Crippen molar-refractivity contribution in [2.45, 2.75) is 39.0 Å². The number of fused-ring (bicyclic) bond motifs is 1. The smallest absolute Gasteiger partial charge is 0.272 e. The van der Waals surface area contributed by atoms with Crippen LogP contribution in [0.4, 0.5) is 0 Å². The van der Waals surface area contributed by atoms with Crippen LogP contribution in [0.3, 0.4) is 0 Å². The monoisotopic (exact) mass is 435 g/mol. The Kier molecular flexibility index (Phi) is 5.56. The summed E-state index contributed by atoms with van der Waals surface area (Å²) in [6, 6.07) is 14.6. The third-order valence-corrected chi connectivity index (χ3v) is 5.74. The van der Waals surface area contributed by atoms with Gasteiger partial charge in [0.1, 0.15) is 22.8 Å². The van der Waals surface area contributed by atoms with Gasteiger partial charge in [-0.25, -0.2) is 0 Å². The van der Waals surface area contributed by atoms with Crippen molar-refractivity contribution >= 4 is 17.7 Å². The fourth-order valence-corrected chi connectivity index (χ4v) is 3.64. The lowest BCUT2D eigenvalue weighted by Crippen LogP contribution is -2.62. The van der Waals surface area contributed by atoms with Crippen LogP contribution >= 0.6 is 0 Å². The molecule has 9 nitrogen and oxygen atoms in total. The molecule has 3 heterocycles. The molecule has 1 atom stereocenters. The van der Waals surface area contributed by atoms with Crippen molar-refractivity contribution in [3.63, 3.8) is 0 Å². The van der Waals surface area contributed by atoms with Gasteiger partial charge in [-0.1, -0.05) is 30.3 Å². The highest BCUT2D eigenvalue weighted by molar-refractivity contribution is 6.01. The summed E-state index contributed by atoms with van der Waals surface area (Å²) in [5.41, 5.74) is 0.183. The molecule has 32 heavy (non-hydrogen) atoms. The van der Waals surface area contributed by atoms with Crippen molar-refractivity contribution in [3.8, 4) is 0 Å².